The van der Waals surface area contributed by atoms with Crippen molar-refractivity contribution >= 4 is 48.3 Å². The molecule has 0 spiro atoms. The highest BCUT2D eigenvalue weighted by Crippen LogP contribution is 2.30. The quantitative estimate of drug-likeness (QED) is 0.677. The number of anilines is 2. The largest absolute Gasteiger partial charge is 0.331 e. The van der Waals surface area contributed by atoms with E-state index in [1.807, 2.05) is 6.07 Å². The van der Waals surface area contributed by atoms with Crippen LogP contribution in [0.25, 0.3) is 10.2 Å². The summed E-state index contributed by atoms with van der Waals surface area (Å²) < 4.78 is 2.28. The van der Waals surface area contributed by atoms with Crippen molar-refractivity contribution in [2.75, 3.05) is 5.32 Å². The van der Waals surface area contributed by atoms with E-state index in [4.69, 9.17) is 0 Å². The third-order valence-corrected chi connectivity index (χ3v) is 4.43. The number of rotatable bonds is 2. The van der Waals surface area contributed by atoms with E-state index in [2.05, 4.69) is 70.4 Å². The van der Waals surface area contributed by atoms with E-state index in [0.29, 0.717) is 0 Å². The molecule has 1 N–H and O–H groups in total. The molecule has 96 valence electrons. The second-order valence-corrected chi connectivity index (χ2v) is 6.52. The molecule has 2 nitrogen and oxygen atoms in total. The maximum atomic E-state index is 4.63. The van der Waals surface area contributed by atoms with Crippen LogP contribution < -0.4 is 5.32 Å². The van der Waals surface area contributed by atoms with Crippen LogP contribution in [0.1, 0.15) is 11.1 Å². The number of hydrogen-bond donors (Lipinski definition) is 1. The summed E-state index contributed by atoms with van der Waals surface area (Å²) in [7, 11) is 0. The number of thiazole rings is 1. The Morgan fingerprint density at radius 2 is 1.95 bits per heavy atom. The first-order valence-corrected chi connectivity index (χ1v) is 7.63. The molecule has 0 aliphatic carbocycles. The molecule has 4 heteroatoms. The molecule has 0 aliphatic heterocycles. The number of benzene rings is 2. The molecule has 0 amide bonds. The predicted octanol–water partition coefficient (Wildman–Crippen LogP) is 5.42. The van der Waals surface area contributed by atoms with Crippen molar-refractivity contribution < 1.29 is 0 Å². The van der Waals surface area contributed by atoms with E-state index in [9.17, 15) is 0 Å². The monoisotopic (exact) mass is 332 g/mol. The van der Waals surface area contributed by atoms with Crippen molar-refractivity contribution in [2.24, 2.45) is 0 Å². The predicted molar refractivity (Wildman–Crippen MR) is 86.5 cm³/mol. The normalized spacial score (nSPS) is 10.9. The van der Waals surface area contributed by atoms with Gasteiger partial charge in [0.05, 0.1) is 10.2 Å². The van der Waals surface area contributed by atoms with Crippen LogP contribution in [0, 0.1) is 13.8 Å². The Kier molecular flexibility index (Phi) is 3.29. The molecule has 3 aromatic rings. The van der Waals surface area contributed by atoms with Gasteiger partial charge >= 0.3 is 0 Å². The van der Waals surface area contributed by atoms with E-state index in [-0.39, 0.29) is 0 Å². The van der Waals surface area contributed by atoms with Crippen LogP contribution in [0.4, 0.5) is 10.8 Å². The van der Waals surface area contributed by atoms with Gasteiger partial charge in [0.1, 0.15) is 0 Å². The van der Waals surface area contributed by atoms with Crippen LogP contribution in [0.3, 0.4) is 0 Å². The van der Waals surface area contributed by atoms with Crippen LogP contribution in [-0.2, 0) is 0 Å². The maximum absolute atomic E-state index is 4.63. The second-order valence-electron chi connectivity index (χ2n) is 4.57. The van der Waals surface area contributed by atoms with Gasteiger partial charge in [0.2, 0.25) is 0 Å². The first-order valence-electron chi connectivity index (χ1n) is 6.02. The lowest BCUT2D eigenvalue weighted by atomic mass is 10.2. The number of aromatic nitrogens is 1. The third kappa shape index (κ3) is 2.65. The molecule has 19 heavy (non-hydrogen) atoms. The Morgan fingerprint density at radius 3 is 2.79 bits per heavy atom. The highest BCUT2D eigenvalue weighted by molar-refractivity contribution is 9.10. The third-order valence-electron chi connectivity index (χ3n) is 2.98. The Labute approximate surface area is 124 Å². The Morgan fingerprint density at radius 1 is 1.11 bits per heavy atom. The number of nitrogens with one attached hydrogen (secondary N) is 1. The first kappa shape index (κ1) is 12.6. The smallest absolute Gasteiger partial charge is 0.188 e. The SMILES string of the molecule is Cc1ccc2sc(Nc3cc(Br)ccc3C)nc2c1. The zero-order chi connectivity index (χ0) is 13.4. The lowest BCUT2D eigenvalue weighted by Gasteiger charge is -2.06. The van der Waals surface area contributed by atoms with Crippen LogP contribution in [-0.4, -0.2) is 4.98 Å². The van der Waals surface area contributed by atoms with Crippen molar-refractivity contribution in [3.63, 3.8) is 0 Å². The fourth-order valence-electron chi connectivity index (χ4n) is 1.94. The van der Waals surface area contributed by atoms with Gasteiger partial charge in [-0.15, -0.1) is 0 Å². The molecule has 1 aromatic heterocycles. The second kappa shape index (κ2) is 4.94. The van der Waals surface area contributed by atoms with E-state index in [1.54, 1.807) is 11.3 Å². The Balaban J connectivity index is 1.98. The molecule has 0 fully saturated rings. The lowest BCUT2D eigenvalue weighted by Crippen LogP contribution is -1.92. The van der Waals surface area contributed by atoms with Crippen LogP contribution >= 0.6 is 27.3 Å². The summed E-state index contributed by atoms with van der Waals surface area (Å²) in [6, 6.07) is 12.6. The summed E-state index contributed by atoms with van der Waals surface area (Å²) in [6.45, 7) is 4.18. The van der Waals surface area contributed by atoms with Gasteiger partial charge in [-0.3, -0.25) is 0 Å². The van der Waals surface area contributed by atoms with Crippen LogP contribution in [0.15, 0.2) is 40.9 Å². The van der Waals surface area contributed by atoms with Crippen LogP contribution in [0.5, 0.6) is 0 Å². The number of fused-ring (bicyclic) bond motifs is 1. The summed E-state index contributed by atoms with van der Waals surface area (Å²) in [4.78, 5) is 4.63. The molecule has 0 saturated heterocycles. The molecular formula is C15H13BrN2S. The summed E-state index contributed by atoms with van der Waals surface area (Å²) in [5.74, 6) is 0. The standard InChI is InChI=1S/C15H13BrN2S/c1-9-3-6-14-13(7-9)18-15(19-14)17-12-8-11(16)5-4-10(12)2/h3-8H,1-2H3,(H,17,18). The Hall–Kier alpha value is -1.39. The zero-order valence-corrected chi connectivity index (χ0v) is 13.1. The van der Waals surface area contributed by atoms with Gasteiger partial charge in [-0.1, -0.05) is 39.4 Å². The van der Waals surface area contributed by atoms with Gasteiger partial charge in [-0.05, 0) is 49.2 Å². The molecule has 0 aliphatic rings. The molecule has 0 atom stereocenters. The number of halogens is 1. The van der Waals surface area contributed by atoms with E-state index >= 15 is 0 Å². The lowest BCUT2D eigenvalue weighted by molar-refractivity contribution is 1.38. The van der Waals surface area contributed by atoms with Crippen molar-refractivity contribution in [1.82, 2.24) is 4.98 Å². The minimum atomic E-state index is 0.932. The van der Waals surface area contributed by atoms with Gasteiger partial charge in [-0.2, -0.15) is 0 Å². The van der Waals surface area contributed by atoms with Crippen molar-refractivity contribution in [2.45, 2.75) is 13.8 Å². The molecule has 3 rings (SSSR count). The highest BCUT2D eigenvalue weighted by Gasteiger charge is 2.06. The average molecular weight is 333 g/mol. The number of aryl methyl sites for hydroxylation is 2. The van der Waals surface area contributed by atoms with E-state index in [1.165, 1.54) is 15.8 Å². The highest BCUT2D eigenvalue weighted by atomic mass is 79.9. The minimum Gasteiger partial charge on any atom is -0.331 e. The summed E-state index contributed by atoms with van der Waals surface area (Å²) in [5, 5.41) is 4.33. The molecule has 1 heterocycles. The summed E-state index contributed by atoms with van der Waals surface area (Å²) in [6.07, 6.45) is 0. The van der Waals surface area contributed by atoms with Gasteiger partial charge < -0.3 is 5.32 Å². The van der Waals surface area contributed by atoms with Crippen molar-refractivity contribution in [1.29, 1.82) is 0 Å². The van der Waals surface area contributed by atoms with Gasteiger partial charge in [0, 0.05) is 10.2 Å². The molecule has 0 saturated carbocycles. The first-order chi connectivity index (χ1) is 9.11. The summed E-state index contributed by atoms with van der Waals surface area (Å²) >= 11 is 5.17. The molecule has 0 unspecified atom stereocenters. The van der Waals surface area contributed by atoms with Crippen molar-refractivity contribution in [3.05, 3.63) is 52.0 Å². The van der Waals surface area contributed by atoms with Crippen molar-refractivity contribution in [3.8, 4) is 0 Å². The molecule has 0 bridgehead atoms. The molecule has 2 aromatic carbocycles. The van der Waals surface area contributed by atoms with Gasteiger partial charge in [0.25, 0.3) is 0 Å². The molecular weight excluding hydrogens is 320 g/mol. The Bertz CT molecular complexity index is 749. The maximum Gasteiger partial charge on any atom is 0.188 e. The zero-order valence-electron chi connectivity index (χ0n) is 10.7. The van der Waals surface area contributed by atoms with E-state index in [0.717, 1.165) is 20.8 Å². The van der Waals surface area contributed by atoms with Crippen LogP contribution in [0.2, 0.25) is 0 Å². The summed E-state index contributed by atoms with van der Waals surface area (Å²) in [5.41, 5.74) is 4.59. The number of hydrogen-bond acceptors (Lipinski definition) is 3. The number of nitrogens with zero attached hydrogens (tertiary/aromatic N) is 1. The fraction of sp³-hybridized carbons (Fsp3) is 0.133. The minimum absolute atomic E-state index is 0.932. The van der Waals surface area contributed by atoms with E-state index < -0.39 is 0 Å². The van der Waals surface area contributed by atoms with Gasteiger partial charge in [0.15, 0.2) is 5.13 Å². The fourth-order valence-corrected chi connectivity index (χ4v) is 3.15. The van der Waals surface area contributed by atoms with Gasteiger partial charge in [-0.25, -0.2) is 4.98 Å². The molecule has 0 radical (unpaired) electrons. The average Bonchev–Trinajstić information content (AvgIpc) is 2.75. The topological polar surface area (TPSA) is 24.9 Å².